The summed E-state index contributed by atoms with van der Waals surface area (Å²) in [5.41, 5.74) is 8.49. The zero-order valence-electron chi connectivity index (χ0n) is 18.8. The highest BCUT2D eigenvalue weighted by atomic mass is 32.1. The van der Waals surface area contributed by atoms with E-state index in [1.807, 2.05) is 18.4 Å². The number of nitrogens with one attached hydrogen (secondary N) is 1. The topological polar surface area (TPSA) is 107 Å². The van der Waals surface area contributed by atoms with E-state index in [0.717, 1.165) is 17.2 Å². The van der Waals surface area contributed by atoms with Gasteiger partial charge in [0.2, 0.25) is 0 Å². The van der Waals surface area contributed by atoms with Crippen LogP contribution in [0, 0.1) is 18.6 Å². The van der Waals surface area contributed by atoms with Gasteiger partial charge in [0, 0.05) is 35.8 Å². The minimum Gasteiger partial charge on any atom is -0.489 e. The summed E-state index contributed by atoms with van der Waals surface area (Å²) in [5, 5.41) is 14.1. The first-order valence-electron chi connectivity index (χ1n) is 10.7. The molecule has 35 heavy (non-hydrogen) atoms. The fraction of sp³-hybridized carbons (Fsp3) is 0.200. The number of pyridine rings is 1. The van der Waals surface area contributed by atoms with Crippen LogP contribution in [0.3, 0.4) is 0 Å². The second-order valence-electron chi connectivity index (χ2n) is 7.84. The number of benzene rings is 2. The summed E-state index contributed by atoms with van der Waals surface area (Å²) in [6, 6.07) is 8.55. The van der Waals surface area contributed by atoms with Crippen molar-refractivity contribution in [1.29, 1.82) is 0 Å². The average molecular weight is 500 g/mol. The first-order chi connectivity index (χ1) is 16.8. The van der Waals surface area contributed by atoms with Gasteiger partial charge in [-0.1, -0.05) is 0 Å². The number of ether oxygens (including phenoxy) is 2. The maximum atomic E-state index is 13.4. The Hall–Kier alpha value is -3.76. The quantitative estimate of drug-likeness (QED) is 0.316. The molecule has 1 amide bonds. The molecule has 0 radical (unpaired) electrons. The van der Waals surface area contributed by atoms with Crippen LogP contribution in [0.4, 0.5) is 14.6 Å². The number of amides is 1. The van der Waals surface area contributed by atoms with Crippen molar-refractivity contribution in [2.75, 3.05) is 18.9 Å². The van der Waals surface area contributed by atoms with Crippen molar-refractivity contribution in [3.63, 3.8) is 0 Å². The molecule has 182 valence electrons. The molecule has 0 atom stereocenters. The lowest BCUT2D eigenvalue weighted by molar-refractivity contribution is 0.0946. The lowest BCUT2D eigenvalue weighted by Crippen LogP contribution is -2.26. The predicted octanol–water partition coefficient (Wildman–Crippen LogP) is 4.35. The van der Waals surface area contributed by atoms with E-state index >= 15 is 0 Å². The smallest absolute Gasteiger partial charge is 0.254 e. The number of aromatic nitrogens is 1. The molecule has 4 rings (SSSR count). The third-order valence-corrected chi connectivity index (χ3v) is 6.15. The lowest BCUT2D eigenvalue weighted by atomic mass is 10.1. The molecule has 10 heteroatoms. The third-order valence-electron chi connectivity index (χ3n) is 5.09. The van der Waals surface area contributed by atoms with Crippen LogP contribution in [0.5, 0.6) is 11.5 Å². The van der Waals surface area contributed by atoms with Crippen LogP contribution < -0.4 is 20.5 Å². The van der Waals surface area contributed by atoms with Crippen molar-refractivity contribution >= 4 is 33.1 Å². The number of rotatable bonds is 9. The molecule has 4 N–H and O–H groups in total. The van der Waals surface area contributed by atoms with Crippen molar-refractivity contribution in [1.82, 2.24) is 10.3 Å². The molecule has 0 aliphatic carbocycles. The van der Waals surface area contributed by atoms with Crippen LogP contribution in [0.15, 0.2) is 48.0 Å². The molecule has 2 heterocycles. The normalized spacial score (nSPS) is 11.0. The molecule has 0 aliphatic rings. The molecule has 7 nitrogen and oxygen atoms in total. The van der Waals surface area contributed by atoms with Crippen LogP contribution in [0.2, 0.25) is 0 Å². The number of thiophene rings is 1. The number of aliphatic hydroxyl groups excluding tert-OH is 1. The highest BCUT2D eigenvalue weighted by Crippen LogP contribution is 2.33. The molecule has 0 fully saturated rings. The number of nitrogen functional groups attached to an aromatic ring is 1. The number of nitrogens with zero attached hydrogens (tertiary/aromatic N) is 1. The minimum absolute atomic E-state index is 0.00390. The molecule has 0 saturated carbocycles. The fourth-order valence-corrected chi connectivity index (χ4v) is 4.64. The third kappa shape index (κ3) is 5.84. The number of hydrogen-bond acceptors (Lipinski definition) is 7. The van der Waals surface area contributed by atoms with Crippen LogP contribution in [0.25, 0.3) is 10.1 Å². The van der Waals surface area contributed by atoms with E-state index in [2.05, 4.69) is 10.3 Å². The second-order valence-corrected chi connectivity index (χ2v) is 8.72. The molecule has 0 unspecified atom stereocenters. The highest BCUT2D eigenvalue weighted by Gasteiger charge is 2.17. The second kappa shape index (κ2) is 10.7. The SMILES string of the molecule is Cc1cc(OCc2cc(F)cc(F)c2)cc(OCc2csc3c(C(=O)NCCO)cnc(N)c23)c1. The monoisotopic (exact) mass is 499 g/mol. The van der Waals surface area contributed by atoms with Gasteiger partial charge < -0.3 is 25.6 Å². The van der Waals surface area contributed by atoms with Crippen LogP contribution in [-0.2, 0) is 13.2 Å². The summed E-state index contributed by atoms with van der Waals surface area (Å²) in [5.74, 6) is -0.360. The van der Waals surface area contributed by atoms with Gasteiger partial charge in [0.25, 0.3) is 5.91 Å². The summed E-state index contributed by atoms with van der Waals surface area (Å²) in [7, 11) is 0. The van der Waals surface area contributed by atoms with E-state index in [1.54, 1.807) is 12.1 Å². The van der Waals surface area contributed by atoms with Gasteiger partial charge in [-0.25, -0.2) is 13.8 Å². The lowest BCUT2D eigenvalue weighted by Gasteiger charge is -2.12. The summed E-state index contributed by atoms with van der Waals surface area (Å²) >= 11 is 1.36. The number of carbonyl (C=O) groups is 1. The molecule has 4 aromatic rings. The highest BCUT2D eigenvalue weighted by molar-refractivity contribution is 7.17. The van der Waals surface area contributed by atoms with Gasteiger partial charge in [-0.05, 0) is 47.7 Å². The number of carbonyl (C=O) groups excluding carboxylic acids is 1. The Kier molecular flexibility index (Phi) is 7.42. The number of aliphatic hydroxyl groups is 1. The number of halogens is 2. The van der Waals surface area contributed by atoms with Crippen molar-refractivity contribution in [3.05, 3.63) is 81.9 Å². The molecule has 2 aromatic carbocycles. The molecule has 0 spiro atoms. The Labute approximate surface area is 204 Å². The van der Waals surface area contributed by atoms with E-state index in [9.17, 15) is 13.6 Å². The summed E-state index contributed by atoms with van der Waals surface area (Å²) in [6.45, 7) is 2.02. The van der Waals surface area contributed by atoms with Gasteiger partial charge in [0.1, 0.15) is 42.2 Å². The van der Waals surface area contributed by atoms with Gasteiger partial charge in [-0.15, -0.1) is 11.3 Å². The Bertz CT molecular complexity index is 1360. The summed E-state index contributed by atoms with van der Waals surface area (Å²) < 4.78 is 39.2. The van der Waals surface area contributed by atoms with E-state index in [0.29, 0.717) is 32.7 Å². The number of anilines is 1. The number of fused-ring (bicyclic) bond motifs is 1. The largest absolute Gasteiger partial charge is 0.489 e. The molecule has 0 bridgehead atoms. The van der Waals surface area contributed by atoms with E-state index in [4.69, 9.17) is 20.3 Å². The van der Waals surface area contributed by atoms with E-state index < -0.39 is 11.6 Å². The molecular formula is C25H23F2N3O4S. The van der Waals surface area contributed by atoms with Crippen LogP contribution in [-0.4, -0.2) is 29.1 Å². The zero-order chi connectivity index (χ0) is 24.9. The van der Waals surface area contributed by atoms with E-state index in [-0.39, 0.29) is 38.1 Å². The Balaban J connectivity index is 1.50. The maximum Gasteiger partial charge on any atom is 0.254 e. The molecular weight excluding hydrogens is 476 g/mol. The van der Waals surface area contributed by atoms with E-state index in [1.165, 1.54) is 29.7 Å². The maximum absolute atomic E-state index is 13.4. The van der Waals surface area contributed by atoms with Crippen molar-refractivity contribution in [3.8, 4) is 11.5 Å². The molecule has 0 aliphatic heterocycles. The fourth-order valence-electron chi connectivity index (χ4n) is 3.57. The van der Waals surface area contributed by atoms with Gasteiger partial charge in [-0.3, -0.25) is 4.79 Å². The number of nitrogens with two attached hydrogens (primary N) is 1. The molecule has 2 aromatic heterocycles. The molecule has 0 saturated heterocycles. The minimum atomic E-state index is -0.664. The van der Waals surface area contributed by atoms with Gasteiger partial charge in [-0.2, -0.15) is 0 Å². The van der Waals surface area contributed by atoms with Crippen LogP contribution >= 0.6 is 11.3 Å². The summed E-state index contributed by atoms with van der Waals surface area (Å²) in [6.07, 6.45) is 1.42. The van der Waals surface area contributed by atoms with Crippen molar-refractivity contribution < 1.29 is 28.2 Å². The average Bonchev–Trinajstić information content (AvgIpc) is 3.24. The van der Waals surface area contributed by atoms with Crippen molar-refractivity contribution in [2.45, 2.75) is 20.1 Å². The van der Waals surface area contributed by atoms with Gasteiger partial charge in [0.15, 0.2) is 0 Å². The predicted molar refractivity (Wildman–Crippen MR) is 130 cm³/mol. The summed E-state index contributed by atoms with van der Waals surface area (Å²) in [4.78, 5) is 16.6. The zero-order valence-corrected chi connectivity index (χ0v) is 19.6. The standard InChI is InChI=1S/C25H23F2N3O4S/c1-14-4-19(33-11-15-6-17(26)8-18(27)7-15)9-20(5-14)34-12-16-13-35-23-21(25(32)29-2-3-31)10-30-24(28)22(16)23/h4-10,13,31H,2-3,11-12H2,1H3,(H2,28,30)(H,29,32). The Morgan fingerprint density at radius 1 is 1.09 bits per heavy atom. The van der Waals surface area contributed by atoms with Gasteiger partial charge >= 0.3 is 0 Å². The van der Waals surface area contributed by atoms with Gasteiger partial charge in [0.05, 0.1) is 16.9 Å². The Morgan fingerprint density at radius 3 is 2.46 bits per heavy atom. The van der Waals surface area contributed by atoms with Crippen molar-refractivity contribution in [2.24, 2.45) is 0 Å². The first kappa shape index (κ1) is 24.4. The van der Waals surface area contributed by atoms with Crippen LogP contribution in [0.1, 0.15) is 27.0 Å². The first-order valence-corrected chi connectivity index (χ1v) is 11.6. The Morgan fingerprint density at radius 2 is 1.77 bits per heavy atom. The number of hydrogen-bond donors (Lipinski definition) is 3. The number of aryl methyl sites for hydroxylation is 1.